The Morgan fingerprint density at radius 3 is 2.85 bits per heavy atom. The fourth-order valence-corrected chi connectivity index (χ4v) is 1.73. The van der Waals surface area contributed by atoms with Gasteiger partial charge in [0.05, 0.1) is 6.10 Å². The van der Waals surface area contributed by atoms with Crippen molar-refractivity contribution in [2.75, 3.05) is 13.2 Å². The zero-order valence-electron chi connectivity index (χ0n) is 7.71. The van der Waals surface area contributed by atoms with E-state index in [4.69, 9.17) is 17.0 Å². The zero-order valence-corrected chi connectivity index (χ0v) is 8.53. The van der Waals surface area contributed by atoms with E-state index >= 15 is 0 Å². The minimum absolute atomic E-state index is 0.374. The predicted molar refractivity (Wildman–Crippen MR) is 55.7 cm³/mol. The van der Waals surface area contributed by atoms with Gasteiger partial charge in [-0.2, -0.15) is 0 Å². The number of hydrogen-bond acceptors (Lipinski definition) is 2. The fraction of sp³-hybridized carbons (Fsp3) is 0.889. The van der Waals surface area contributed by atoms with Gasteiger partial charge in [0.15, 0.2) is 5.11 Å². The summed E-state index contributed by atoms with van der Waals surface area (Å²) in [5.41, 5.74) is 0. The highest BCUT2D eigenvalue weighted by Gasteiger charge is 2.22. The van der Waals surface area contributed by atoms with Crippen LogP contribution in [0.5, 0.6) is 0 Å². The molecule has 0 amide bonds. The molecule has 2 N–H and O–H groups in total. The molecule has 1 saturated carbocycles. The second kappa shape index (κ2) is 4.24. The molecule has 1 saturated heterocycles. The fourth-order valence-electron chi connectivity index (χ4n) is 1.48. The van der Waals surface area contributed by atoms with Crippen LogP contribution in [0.3, 0.4) is 0 Å². The largest absolute Gasteiger partial charge is 0.376 e. The van der Waals surface area contributed by atoms with E-state index in [1.54, 1.807) is 0 Å². The van der Waals surface area contributed by atoms with E-state index in [0.29, 0.717) is 12.1 Å². The summed E-state index contributed by atoms with van der Waals surface area (Å²) in [5.74, 6) is 0. The van der Waals surface area contributed by atoms with E-state index < -0.39 is 0 Å². The number of rotatable bonds is 3. The van der Waals surface area contributed by atoms with Crippen molar-refractivity contribution in [3.8, 4) is 0 Å². The zero-order chi connectivity index (χ0) is 9.10. The molecule has 1 heterocycles. The van der Waals surface area contributed by atoms with E-state index in [1.807, 2.05) is 0 Å². The Kier molecular flexibility index (Phi) is 3.01. The van der Waals surface area contributed by atoms with Crippen LogP contribution in [-0.2, 0) is 4.74 Å². The van der Waals surface area contributed by atoms with Gasteiger partial charge >= 0.3 is 0 Å². The molecule has 1 atom stereocenters. The summed E-state index contributed by atoms with van der Waals surface area (Å²) in [5, 5.41) is 7.22. The Morgan fingerprint density at radius 2 is 2.23 bits per heavy atom. The second-order valence-electron chi connectivity index (χ2n) is 3.76. The van der Waals surface area contributed by atoms with Gasteiger partial charge in [-0.25, -0.2) is 0 Å². The molecule has 74 valence electrons. The van der Waals surface area contributed by atoms with Gasteiger partial charge in [-0.15, -0.1) is 0 Å². The molecule has 2 rings (SSSR count). The number of thiocarbonyl (C=S) groups is 1. The highest BCUT2D eigenvalue weighted by Crippen LogP contribution is 2.18. The first-order valence-corrected chi connectivity index (χ1v) is 5.41. The molecule has 0 aromatic heterocycles. The normalized spacial score (nSPS) is 27.2. The average molecular weight is 200 g/mol. The van der Waals surface area contributed by atoms with Crippen LogP contribution in [0.2, 0.25) is 0 Å². The van der Waals surface area contributed by atoms with Crippen LogP contribution in [0.4, 0.5) is 0 Å². The first-order chi connectivity index (χ1) is 6.34. The van der Waals surface area contributed by atoms with Crippen molar-refractivity contribution in [2.45, 2.75) is 37.8 Å². The van der Waals surface area contributed by atoms with Gasteiger partial charge in [0.2, 0.25) is 0 Å². The van der Waals surface area contributed by atoms with Crippen LogP contribution in [-0.4, -0.2) is 30.4 Å². The van der Waals surface area contributed by atoms with E-state index in [1.165, 1.54) is 25.7 Å². The van der Waals surface area contributed by atoms with Gasteiger partial charge in [0, 0.05) is 19.2 Å². The number of hydrogen-bond donors (Lipinski definition) is 2. The first-order valence-electron chi connectivity index (χ1n) is 5.00. The monoisotopic (exact) mass is 200 g/mol. The molecule has 2 aliphatic rings. The van der Waals surface area contributed by atoms with Crippen LogP contribution in [0.25, 0.3) is 0 Å². The van der Waals surface area contributed by atoms with Crippen LogP contribution in [0.1, 0.15) is 25.7 Å². The van der Waals surface area contributed by atoms with Crippen LogP contribution in [0.15, 0.2) is 0 Å². The van der Waals surface area contributed by atoms with Crippen molar-refractivity contribution in [2.24, 2.45) is 0 Å². The van der Waals surface area contributed by atoms with Crippen molar-refractivity contribution in [3.63, 3.8) is 0 Å². The molecule has 2 fully saturated rings. The maximum atomic E-state index is 5.47. The van der Waals surface area contributed by atoms with Gasteiger partial charge in [0.25, 0.3) is 0 Å². The molecule has 4 heteroatoms. The Hall–Kier alpha value is -0.350. The summed E-state index contributed by atoms with van der Waals surface area (Å²) < 4.78 is 5.47. The van der Waals surface area contributed by atoms with Crippen LogP contribution in [0, 0.1) is 0 Å². The van der Waals surface area contributed by atoms with Gasteiger partial charge in [-0.05, 0) is 37.9 Å². The topological polar surface area (TPSA) is 33.3 Å². The Bertz CT molecular complexity index is 188. The lowest BCUT2D eigenvalue weighted by Gasteiger charge is -2.13. The highest BCUT2D eigenvalue weighted by atomic mass is 32.1. The molecule has 13 heavy (non-hydrogen) atoms. The summed E-state index contributed by atoms with van der Waals surface area (Å²) in [4.78, 5) is 0. The third-order valence-corrected chi connectivity index (χ3v) is 2.69. The first kappa shape index (κ1) is 9.21. The van der Waals surface area contributed by atoms with Crippen molar-refractivity contribution in [3.05, 3.63) is 0 Å². The SMILES string of the molecule is S=C(NC[C@H]1CCCO1)NC1CC1. The smallest absolute Gasteiger partial charge is 0.166 e. The van der Waals surface area contributed by atoms with Gasteiger partial charge in [-0.1, -0.05) is 0 Å². The van der Waals surface area contributed by atoms with E-state index in [0.717, 1.165) is 18.3 Å². The van der Waals surface area contributed by atoms with Crippen molar-refractivity contribution in [1.29, 1.82) is 0 Å². The van der Waals surface area contributed by atoms with E-state index in [2.05, 4.69) is 10.6 Å². The molecule has 1 aliphatic carbocycles. The molecule has 0 aromatic carbocycles. The standard InChI is InChI=1S/C9H16N2OS/c13-9(11-7-3-4-7)10-6-8-2-1-5-12-8/h7-8H,1-6H2,(H2,10,11,13)/t8-/m1/s1. The molecule has 1 aliphatic heterocycles. The Morgan fingerprint density at radius 1 is 1.38 bits per heavy atom. The van der Waals surface area contributed by atoms with Crippen molar-refractivity contribution >= 4 is 17.3 Å². The highest BCUT2D eigenvalue weighted by molar-refractivity contribution is 7.80. The lowest BCUT2D eigenvalue weighted by molar-refractivity contribution is 0.114. The third kappa shape index (κ3) is 3.12. The van der Waals surface area contributed by atoms with E-state index in [9.17, 15) is 0 Å². The van der Waals surface area contributed by atoms with Crippen molar-refractivity contribution < 1.29 is 4.74 Å². The summed E-state index contributed by atoms with van der Waals surface area (Å²) in [6.45, 7) is 1.77. The van der Waals surface area contributed by atoms with Gasteiger partial charge < -0.3 is 15.4 Å². The van der Waals surface area contributed by atoms with Crippen LogP contribution >= 0.6 is 12.2 Å². The quantitative estimate of drug-likeness (QED) is 0.660. The summed E-state index contributed by atoms with van der Waals surface area (Å²) in [6, 6.07) is 0.643. The lowest BCUT2D eigenvalue weighted by Crippen LogP contribution is -2.40. The molecule has 0 radical (unpaired) electrons. The van der Waals surface area contributed by atoms with E-state index in [-0.39, 0.29) is 0 Å². The van der Waals surface area contributed by atoms with Gasteiger partial charge in [-0.3, -0.25) is 0 Å². The second-order valence-corrected chi connectivity index (χ2v) is 4.17. The van der Waals surface area contributed by atoms with Gasteiger partial charge in [0.1, 0.15) is 0 Å². The minimum atomic E-state index is 0.374. The molecular weight excluding hydrogens is 184 g/mol. The molecule has 0 bridgehead atoms. The summed E-state index contributed by atoms with van der Waals surface area (Å²) in [6.07, 6.45) is 5.26. The van der Waals surface area contributed by atoms with Crippen molar-refractivity contribution in [1.82, 2.24) is 10.6 Å². The lowest BCUT2D eigenvalue weighted by atomic mass is 10.2. The third-order valence-electron chi connectivity index (χ3n) is 2.43. The molecule has 0 spiro atoms. The number of nitrogens with one attached hydrogen (secondary N) is 2. The maximum absolute atomic E-state index is 5.47. The molecular formula is C9H16N2OS. The van der Waals surface area contributed by atoms with Crippen LogP contribution < -0.4 is 10.6 Å². The maximum Gasteiger partial charge on any atom is 0.166 e. The Labute approximate surface area is 84.2 Å². The number of ether oxygens (including phenoxy) is 1. The minimum Gasteiger partial charge on any atom is -0.376 e. The average Bonchev–Trinajstić information content (AvgIpc) is 2.78. The molecule has 0 unspecified atom stereocenters. The predicted octanol–water partition coefficient (Wildman–Crippen LogP) is 0.792. The Balaban J connectivity index is 1.57. The molecule has 0 aromatic rings. The summed E-state index contributed by atoms with van der Waals surface area (Å²) >= 11 is 5.13. The molecule has 3 nitrogen and oxygen atoms in total. The summed E-state index contributed by atoms with van der Waals surface area (Å²) in [7, 11) is 0.